The topological polar surface area (TPSA) is 64.2 Å². The molecule has 2 N–H and O–H groups in total. The first-order valence-corrected chi connectivity index (χ1v) is 5.41. The van der Waals surface area contributed by atoms with Crippen molar-refractivity contribution in [3.63, 3.8) is 0 Å². The fourth-order valence-electron chi connectivity index (χ4n) is 1.21. The van der Waals surface area contributed by atoms with Crippen LogP contribution in [-0.2, 0) is 11.3 Å². The zero-order valence-corrected chi connectivity index (χ0v) is 10.5. The van der Waals surface area contributed by atoms with Crippen LogP contribution in [0.2, 0.25) is 0 Å². The summed E-state index contributed by atoms with van der Waals surface area (Å²) in [6.07, 6.45) is 3.28. The Morgan fingerprint density at radius 2 is 2.31 bits per heavy atom. The third kappa shape index (κ3) is 2.79. The molecule has 0 aliphatic rings. The van der Waals surface area contributed by atoms with Crippen LogP contribution in [0.1, 0.15) is 19.7 Å². The maximum Gasteiger partial charge on any atom is 0.242 e. The predicted octanol–water partition coefficient (Wildman–Crippen LogP) is 0.384. The van der Waals surface area contributed by atoms with Gasteiger partial charge < -0.3 is 15.2 Å². The Morgan fingerprint density at radius 3 is 2.81 bits per heavy atom. The molecule has 0 saturated carbocycles. The lowest BCUT2D eigenvalue weighted by molar-refractivity contribution is -0.132. The zero-order chi connectivity index (χ0) is 12.3. The number of carbonyl (C=O) groups excluding carboxylic acids is 1. The second kappa shape index (κ2) is 5.07. The van der Waals surface area contributed by atoms with Gasteiger partial charge in [0.2, 0.25) is 5.91 Å². The lowest BCUT2D eigenvalue weighted by Gasteiger charge is -2.21. The number of nitrogens with two attached hydrogens (primary N) is 1. The molecule has 0 unspecified atom stereocenters. The predicted molar refractivity (Wildman–Crippen MR) is 66.0 cm³/mol. The summed E-state index contributed by atoms with van der Waals surface area (Å²) in [5.74, 6) is 0.478. The number of aromatic nitrogens is 2. The van der Waals surface area contributed by atoms with E-state index < -0.39 is 0 Å². The van der Waals surface area contributed by atoms with Gasteiger partial charge in [-0.25, -0.2) is 4.98 Å². The van der Waals surface area contributed by atoms with Gasteiger partial charge in [-0.05, 0) is 13.8 Å². The number of likely N-dealkylation sites (N-methyl/N-ethyl adjacent to an activating group) is 1. The Bertz CT molecular complexity index is 399. The Hall–Kier alpha value is -1.43. The summed E-state index contributed by atoms with van der Waals surface area (Å²) in [4.78, 5) is 17.7. The number of imidazole rings is 1. The molecule has 1 amide bonds. The molecule has 0 spiro atoms. The van der Waals surface area contributed by atoms with E-state index in [0.717, 1.165) is 0 Å². The lowest BCUT2D eigenvalue weighted by Crippen LogP contribution is -2.36. The van der Waals surface area contributed by atoms with Crippen LogP contribution in [0.3, 0.4) is 0 Å². The maximum atomic E-state index is 11.8. The van der Waals surface area contributed by atoms with Crippen LogP contribution in [0.4, 0.5) is 0 Å². The minimum Gasteiger partial charge on any atom is -0.387 e. The molecule has 0 saturated heterocycles. The van der Waals surface area contributed by atoms with E-state index >= 15 is 0 Å². The Morgan fingerprint density at radius 1 is 1.69 bits per heavy atom. The molecule has 1 rings (SSSR count). The van der Waals surface area contributed by atoms with E-state index in [4.69, 9.17) is 18.0 Å². The summed E-state index contributed by atoms with van der Waals surface area (Å²) < 4.78 is 1.66. The monoisotopic (exact) mass is 240 g/mol. The normalized spacial score (nSPS) is 10.5. The quantitative estimate of drug-likeness (QED) is 0.773. The molecule has 1 aromatic rings. The largest absolute Gasteiger partial charge is 0.387 e. The first-order chi connectivity index (χ1) is 7.43. The minimum atomic E-state index is 0.00509. The van der Waals surface area contributed by atoms with E-state index in [1.165, 1.54) is 0 Å². The van der Waals surface area contributed by atoms with Crippen LogP contribution in [-0.4, -0.2) is 38.4 Å². The van der Waals surface area contributed by atoms with Gasteiger partial charge in [0.15, 0.2) is 5.82 Å². The van der Waals surface area contributed by atoms with E-state index in [-0.39, 0.29) is 23.5 Å². The number of amides is 1. The smallest absolute Gasteiger partial charge is 0.242 e. The molecule has 0 atom stereocenters. The summed E-state index contributed by atoms with van der Waals surface area (Å²) in [6, 6.07) is 0.171. The molecule has 88 valence electrons. The average molecular weight is 240 g/mol. The maximum absolute atomic E-state index is 11.8. The highest BCUT2D eigenvalue weighted by atomic mass is 32.1. The van der Waals surface area contributed by atoms with Gasteiger partial charge in [-0.15, -0.1) is 0 Å². The molecule has 0 radical (unpaired) electrons. The molecule has 0 bridgehead atoms. The molecule has 0 aliphatic heterocycles. The third-order valence-electron chi connectivity index (χ3n) is 2.41. The van der Waals surface area contributed by atoms with Crippen LogP contribution in [0.25, 0.3) is 0 Å². The number of carbonyl (C=O) groups is 1. The van der Waals surface area contributed by atoms with Crippen molar-refractivity contribution in [3.8, 4) is 0 Å². The van der Waals surface area contributed by atoms with Gasteiger partial charge in [0.25, 0.3) is 0 Å². The van der Waals surface area contributed by atoms with Crippen molar-refractivity contribution in [2.45, 2.75) is 26.4 Å². The van der Waals surface area contributed by atoms with Gasteiger partial charge in [-0.3, -0.25) is 4.79 Å². The van der Waals surface area contributed by atoms with Gasteiger partial charge in [0.05, 0.1) is 0 Å². The third-order valence-corrected chi connectivity index (χ3v) is 2.59. The zero-order valence-electron chi connectivity index (χ0n) is 9.67. The number of nitrogens with zero attached hydrogens (tertiary/aromatic N) is 3. The van der Waals surface area contributed by atoms with Crippen LogP contribution in [0, 0.1) is 0 Å². The van der Waals surface area contributed by atoms with Crippen LogP contribution < -0.4 is 5.73 Å². The van der Waals surface area contributed by atoms with Crippen molar-refractivity contribution in [2.24, 2.45) is 5.73 Å². The molecule has 0 aliphatic carbocycles. The Kier molecular flexibility index (Phi) is 4.00. The van der Waals surface area contributed by atoms with Crippen molar-refractivity contribution in [1.29, 1.82) is 0 Å². The molecule has 5 nitrogen and oxygen atoms in total. The summed E-state index contributed by atoms with van der Waals surface area (Å²) in [5.41, 5.74) is 5.49. The fourth-order valence-corrected chi connectivity index (χ4v) is 1.38. The highest BCUT2D eigenvalue weighted by molar-refractivity contribution is 7.80. The van der Waals surface area contributed by atoms with Crippen molar-refractivity contribution < 1.29 is 4.79 Å². The first-order valence-electron chi connectivity index (χ1n) is 5.00. The highest BCUT2D eigenvalue weighted by Gasteiger charge is 2.14. The summed E-state index contributed by atoms with van der Waals surface area (Å²) >= 11 is 4.84. The van der Waals surface area contributed by atoms with Gasteiger partial charge in [0.1, 0.15) is 11.5 Å². The molecule has 1 heterocycles. The van der Waals surface area contributed by atoms with E-state index in [1.54, 1.807) is 28.9 Å². The number of hydrogen-bond acceptors (Lipinski definition) is 3. The van der Waals surface area contributed by atoms with E-state index in [2.05, 4.69) is 4.98 Å². The van der Waals surface area contributed by atoms with Gasteiger partial charge in [0, 0.05) is 25.5 Å². The van der Waals surface area contributed by atoms with Crippen LogP contribution >= 0.6 is 12.2 Å². The minimum absolute atomic E-state index is 0.00509. The fraction of sp³-hybridized carbons (Fsp3) is 0.500. The Balaban J connectivity index is 2.77. The summed E-state index contributed by atoms with van der Waals surface area (Å²) in [6.45, 7) is 4.13. The van der Waals surface area contributed by atoms with E-state index in [0.29, 0.717) is 5.82 Å². The van der Waals surface area contributed by atoms with E-state index in [9.17, 15) is 4.79 Å². The van der Waals surface area contributed by atoms with Crippen LogP contribution in [0.15, 0.2) is 12.4 Å². The van der Waals surface area contributed by atoms with Gasteiger partial charge >= 0.3 is 0 Å². The summed E-state index contributed by atoms with van der Waals surface area (Å²) in [5, 5.41) is 0. The molecule has 6 heteroatoms. The Labute approximate surface area is 100 Å². The second-order valence-electron chi connectivity index (χ2n) is 3.84. The first kappa shape index (κ1) is 12.6. The van der Waals surface area contributed by atoms with Crippen molar-refractivity contribution in [2.75, 3.05) is 7.05 Å². The average Bonchev–Trinajstić information content (AvgIpc) is 2.64. The van der Waals surface area contributed by atoms with Gasteiger partial charge in [-0.2, -0.15) is 0 Å². The molecule has 16 heavy (non-hydrogen) atoms. The standard InChI is InChI=1S/C10H16N4OS/c1-7(2)13(3)8(15)6-14-5-4-12-10(14)9(11)16/h4-5,7H,6H2,1-3H3,(H2,11,16). The lowest BCUT2D eigenvalue weighted by atomic mass is 10.3. The van der Waals surface area contributed by atoms with Gasteiger partial charge in [-0.1, -0.05) is 12.2 Å². The number of rotatable bonds is 4. The van der Waals surface area contributed by atoms with E-state index in [1.807, 2.05) is 13.8 Å². The molecular formula is C10H16N4OS. The van der Waals surface area contributed by atoms with Crippen molar-refractivity contribution in [3.05, 3.63) is 18.2 Å². The number of hydrogen-bond donors (Lipinski definition) is 1. The highest BCUT2D eigenvalue weighted by Crippen LogP contribution is 2.01. The molecular weight excluding hydrogens is 224 g/mol. The number of thiocarbonyl (C=S) groups is 1. The van der Waals surface area contributed by atoms with Crippen LogP contribution in [0.5, 0.6) is 0 Å². The summed E-state index contributed by atoms with van der Waals surface area (Å²) in [7, 11) is 1.77. The van der Waals surface area contributed by atoms with Crippen molar-refractivity contribution >= 4 is 23.1 Å². The molecule has 0 fully saturated rings. The van der Waals surface area contributed by atoms with Crippen molar-refractivity contribution in [1.82, 2.24) is 14.5 Å². The second-order valence-corrected chi connectivity index (χ2v) is 4.28. The SMILES string of the molecule is CC(C)N(C)C(=O)Cn1ccnc1C(N)=S. The molecule has 0 aromatic carbocycles. The molecule has 1 aromatic heterocycles.